The molecule has 0 radical (unpaired) electrons. The summed E-state index contributed by atoms with van der Waals surface area (Å²) in [7, 11) is 1.54. The van der Waals surface area contributed by atoms with Gasteiger partial charge in [0.05, 0.1) is 12.2 Å². The second-order valence-electron chi connectivity index (χ2n) is 7.32. The van der Waals surface area contributed by atoms with Crippen molar-refractivity contribution in [3.63, 3.8) is 0 Å². The lowest BCUT2D eigenvalue weighted by molar-refractivity contribution is -0.140. The summed E-state index contributed by atoms with van der Waals surface area (Å²) in [4.78, 5) is 25.9. The van der Waals surface area contributed by atoms with Crippen LogP contribution in [0.5, 0.6) is 5.75 Å². The third-order valence-corrected chi connectivity index (χ3v) is 5.43. The molecule has 2 N–H and O–H groups in total. The normalized spacial score (nSPS) is 22.0. The third kappa shape index (κ3) is 3.97. The summed E-state index contributed by atoms with van der Waals surface area (Å²) in [5.41, 5.74) is 3.28. The zero-order valence-electron chi connectivity index (χ0n) is 16.6. The number of ketones is 1. The zero-order valence-corrected chi connectivity index (χ0v) is 16.6. The van der Waals surface area contributed by atoms with Gasteiger partial charge in [0.1, 0.15) is 12.4 Å². The fraction of sp³-hybridized carbons (Fsp3) is 0.455. The van der Waals surface area contributed by atoms with Gasteiger partial charge in [0.15, 0.2) is 5.78 Å². The van der Waals surface area contributed by atoms with Gasteiger partial charge < -0.3 is 19.9 Å². The molecule has 0 amide bonds. The Hall–Kier alpha value is -2.60. The molecular formula is C22H27NO5. The first-order valence-electron chi connectivity index (χ1n) is 9.65. The molecular weight excluding hydrogens is 358 g/mol. The van der Waals surface area contributed by atoms with E-state index >= 15 is 0 Å². The molecule has 1 aromatic carbocycles. The highest BCUT2D eigenvalue weighted by Gasteiger charge is 2.40. The van der Waals surface area contributed by atoms with Crippen molar-refractivity contribution in [1.29, 1.82) is 0 Å². The number of allylic oxidation sites excluding steroid dienone is 3. The Morgan fingerprint density at radius 2 is 2.07 bits per heavy atom. The minimum atomic E-state index is -0.552. The molecule has 1 aromatic rings. The lowest BCUT2D eigenvalue weighted by Crippen LogP contribution is -2.36. The molecule has 0 saturated carbocycles. The Balaban J connectivity index is 2.06. The van der Waals surface area contributed by atoms with Crippen molar-refractivity contribution in [3.05, 3.63) is 52.4 Å². The van der Waals surface area contributed by atoms with Crippen molar-refractivity contribution < 1.29 is 24.2 Å². The topological polar surface area (TPSA) is 84.9 Å². The maximum Gasteiger partial charge on any atom is 0.336 e. The van der Waals surface area contributed by atoms with Gasteiger partial charge in [-0.25, -0.2) is 4.79 Å². The fourth-order valence-corrected chi connectivity index (χ4v) is 4.01. The van der Waals surface area contributed by atoms with Gasteiger partial charge in [-0.3, -0.25) is 4.79 Å². The predicted octanol–water partition coefficient (Wildman–Crippen LogP) is 3.19. The van der Waals surface area contributed by atoms with Crippen LogP contribution in [0.1, 0.15) is 44.6 Å². The largest absolute Gasteiger partial charge is 0.508 e. The quantitative estimate of drug-likeness (QED) is 0.578. The monoisotopic (exact) mass is 385 g/mol. The van der Waals surface area contributed by atoms with Gasteiger partial charge in [0.2, 0.25) is 0 Å². The number of carbonyl (C=O) groups is 2. The van der Waals surface area contributed by atoms with Gasteiger partial charge in [0.25, 0.3) is 0 Å². The van der Waals surface area contributed by atoms with Crippen LogP contribution in [0.2, 0.25) is 0 Å². The number of esters is 1. The molecule has 1 heterocycles. The Bertz CT molecular complexity index is 839. The number of aromatic hydroxyl groups is 1. The smallest absolute Gasteiger partial charge is 0.336 e. The molecule has 2 atom stereocenters. The maximum atomic E-state index is 13.0. The van der Waals surface area contributed by atoms with E-state index < -0.39 is 11.9 Å². The summed E-state index contributed by atoms with van der Waals surface area (Å²) in [6.45, 7) is 4.34. The number of phenolic OH excluding ortho intramolecular Hbond substituents is 1. The van der Waals surface area contributed by atoms with Crippen LogP contribution in [-0.4, -0.2) is 37.2 Å². The van der Waals surface area contributed by atoms with Gasteiger partial charge in [-0.1, -0.05) is 25.5 Å². The van der Waals surface area contributed by atoms with E-state index in [0.29, 0.717) is 41.4 Å². The first kappa shape index (κ1) is 20.1. The van der Waals surface area contributed by atoms with Gasteiger partial charge in [0, 0.05) is 36.4 Å². The Labute approximate surface area is 165 Å². The van der Waals surface area contributed by atoms with Crippen molar-refractivity contribution in [2.75, 3.05) is 20.3 Å². The van der Waals surface area contributed by atoms with Crippen LogP contribution >= 0.6 is 0 Å². The van der Waals surface area contributed by atoms with E-state index in [1.165, 1.54) is 7.11 Å². The molecule has 2 aliphatic rings. The summed E-state index contributed by atoms with van der Waals surface area (Å²) in [5.74, 6) is -0.594. The molecule has 0 bridgehead atoms. The van der Waals surface area contributed by atoms with Crippen molar-refractivity contribution in [2.24, 2.45) is 5.92 Å². The Morgan fingerprint density at radius 1 is 1.29 bits per heavy atom. The van der Waals surface area contributed by atoms with Gasteiger partial charge in [-0.15, -0.1) is 0 Å². The number of ether oxygens (including phenoxy) is 2. The number of hydrogen-bond acceptors (Lipinski definition) is 6. The van der Waals surface area contributed by atoms with Gasteiger partial charge in [-0.2, -0.15) is 0 Å². The van der Waals surface area contributed by atoms with Crippen LogP contribution in [0.25, 0.3) is 0 Å². The summed E-state index contributed by atoms with van der Waals surface area (Å²) < 4.78 is 10.3. The van der Waals surface area contributed by atoms with Gasteiger partial charge in [-0.05, 0) is 37.0 Å². The number of carbonyl (C=O) groups excluding carboxylic acids is 2. The van der Waals surface area contributed by atoms with Crippen LogP contribution in [0.15, 0.2) is 46.8 Å². The van der Waals surface area contributed by atoms with E-state index in [1.807, 2.05) is 13.0 Å². The van der Waals surface area contributed by atoms with E-state index in [4.69, 9.17) is 9.47 Å². The Kier molecular flexibility index (Phi) is 6.19. The number of methoxy groups -OCH3 is 1. The molecule has 1 aliphatic carbocycles. The lowest BCUT2D eigenvalue weighted by Gasteiger charge is -2.36. The molecule has 2 unspecified atom stereocenters. The van der Waals surface area contributed by atoms with E-state index in [0.717, 1.165) is 18.5 Å². The molecule has 0 spiro atoms. The van der Waals surface area contributed by atoms with Crippen molar-refractivity contribution in [3.8, 4) is 5.75 Å². The summed E-state index contributed by atoms with van der Waals surface area (Å²) in [6.07, 6.45) is 2.17. The van der Waals surface area contributed by atoms with Crippen LogP contribution in [0.3, 0.4) is 0 Å². The SMILES string of the molecule is CCC1CC(=O)C2=C(C1)NC(C)=C(C(=O)OCCOC)C2c1cccc(O)c1. The molecule has 0 aromatic heterocycles. The Morgan fingerprint density at radius 3 is 2.75 bits per heavy atom. The number of benzene rings is 1. The summed E-state index contributed by atoms with van der Waals surface area (Å²) in [5, 5.41) is 13.3. The number of hydrogen-bond donors (Lipinski definition) is 2. The average molecular weight is 385 g/mol. The first-order chi connectivity index (χ1) is 13.5. The zero-order chi connectivity index (χ0) is 20.3. The average Bonchev–Trinajstić information content (AvgIpc) is 2.66. The second-order valence-corrected chi connectivity index (χ2v) is 7.32. The van der Waals surface area contributed by atoms with Crippen molar-refractivity contribution in [2.45, 2.75) is 39.0 Å². The van der Waals surface area contributed by atoms with Crippen molar-refractivity contribution >= 4 is 11.8 Å². The maximum absolute atomic E-state index is 13.0. The number of Topliss-reactive ketones (excluding diaryl/α,β-unsaturated/α-hetero) is 1. The molecule has 28 heavy (non-hydrogen) atoms. The summed E-state index contributed by atoms with van der Waals surface area (Å²) in [6, 6.07) is 6.73. The molecule has 6 nitrogen and oxygen atoms in total. The minimum Gasteiger partial charge on any atom is -0.508 e. The minimum absolute atomic E-state index is 0.0450. The third-order valence-electron chi connectivity index (χ3n) is 5.43. The molecule has 6 heteroatoms. The number of rotatable bonds is 6. The second kappa shape index (κ2) is 8.61. The molecule has 1 aliphatic heterocycles. The number of nitrogens with one attached hydrogen (secondary N) is 1. The molecule has 0 saturated heterocycles. The molecule has 150 valence electrons. The van der Waals surface area contributed by atoms with Crippen LogP contribution < -0.4 is 5.32 Å². The van der Waals surface area contributed by atoms with Crippen molar-refractivity contribution in [1.82, 2.24) is 5.32 Å². The van der Waals surface area contributed by atoms with Crippen LogP contribution in [0, 0.1) is 5.92 Å². The standard InChI is InChI=1S/C22H27NO5/c1-4-14-10-17-21(18(25)11-14)20(15-6-5-7-16(24)12-15)19(13(2)23-17)22(26)28-9-8-27-3/h5-7,12,14,20,23-24H,4,8-11H2,1-3H3. The molecule has 3 rings (SSSR count). The number of dihydropyridines is 1. The van der Waals surface area contributed by atoms with E-state index in [-0.39, 0.29) is 18.1 Å². The van der Waals surface area contributed by atoms with Gasteiger partial charge >= 0.3 is 5.97 Å². The van der Waals surface area contributed by atoms with E-state index in [2.05, 4.69) is 12.2 Å². The highest BCUT2D eigenvalue weighted by molar-refractivity contribution is 6.04. The number of phenols is 1. The first-order valence-corrected chi connectivity index (χ1v) is 9.65. The highest BCUT2D eigenvalue weighted by atomic mass is 16.6. The van der Waals surface area contributed by atoms with Crippen LogP contribution in [0.4, 0.5) is 0 Å². The molecule has 0 fully saturated rings. The van der Waals surface area contributed by atoms with Crippen LogP contribution in [-0.2, 0) is 19.1 Å². The fourth-order valence-electron chi connectivity index (χ4n) is 4.01. The van der Waals surface area contributed by atoms with E-state index in [1.54, 1.807) is 18.2 Å². The highest BCUT2D eigenvalue weighted by Crippen LogP contribution is 2.44. The van der Waals surface area contributed by atoms with E-state index in [9.17, 15) is 14.7 Å². The summed E-state index contributed by atoms with van der Waals surface area (Å²) >= 11 is 0. The lowest BCUT2D eigenvalue weighted by atomic mass is 9.72. The predicted molar refractivity (Wildman–Crippen MR) is 105 cm³/mol.